The third kappa shape index (κ3) is 3.64. The standard InChI is InChI=1S/C15H25N/c1-4-7-12(3)15(16)14-10-6-9-13(11-14)8-5-2/h6,9-12,15H,4-5,7-8,16H2,1-3H3. The Morgan fingerprint density at radius 2 is 1.94 bits per heavy atom. The van der Waals surface area contributed by atoms with Gasteiger partial charge in [-0.15, -0.1) is 0 Å². The summed E-state index contributed by atoms with van der Waals surface area (Å²) < 4.78 is 0. The summed E-state index contributed by atoms with van der Waals surface area (Å²) in [5.41, 5.74) is 9.00. The van der Waals surface area contributed by atoms with Crippen molar-refractivity contribution in [2.75, 3.05) is 0 Å². The molecule has 0 spiro atoms. The minimum absolute atomic E-state index is 0.191. The predicted molar refractivity (Wildman–Crippen MR) is 71.4 cm³/mol. The summed E-state index contributed by atoms with van der Waals surface area (Å²) in [4.78, 5) is 0. The Balaban J connectivity index is 2.74. The predicted octanol–water partition coefficient (Wildman–Crippen LogP) is 4.08. The van der Waals surface area contributed by atoms with Crippen LogP contribution in [0, 0.1) is 5.92 Å². The molecule has 0 heterocycles. The second-order valence-electron chi connectivity index (χ2n) is 4.79. The van der Waals surface area contributed by atoms with Gasteiger partial charge in [0.1, 0.15) is 0 Å². The average Bonchev–Trinajstić information content (AvgIpc) is 2.29. The van der Waals surface area contributed by atoms with E-state index in [1.165, 1.54) is 30.4 Å². The highest BCUT2D eigenvalue weighted by Crippen LogP contribution is 2.23. The SMILES string of the molecule is CCCc1cccc(C(N)C(C)CCC)c1. The second kappa shape index (κ2) is 6.70. The first-order valence-corrected chi connectivity index (χ1v) is 6.53. The van der Waals surface area contributed by atoms with E-state index < -0.39 is 0 Å². The third-order valence-electron chi connectivity index (χ3n) is 3.23. The number of benzene rings is 1. The zero-order valence-corrected chi connectivity index (χ0v) is 10.9. The van der Waals surface area contributed by atoms with Gasteiger partial charge in [-0.2, -0.15) is 0 Å². The van der Waals surface area contributed by atoms with Crippen LogP contribution in [0.5, 0.6) is 0 Å². The average molecular weight is 219 g/mol. The summed E-state index contributed by atoms with van der Waals surface area (Å²) >= 11 is 0. The van der Waals surface area contributed by atoms with Gasteiger partial charge in [-0.1, -0.05) is 57.9 Å². The molecular weight excluding hydrogens is 194 g/mol. The highest BCUT2D eigenvalue weighted by Gasteiger charge is 2.13. The van der Waals surface area contributed by atoms with Gasteiger partial charge >= 0.3 is 0 Å². The summed E-state index contributed by atoms with van der Waals surface area (Å²) in [6, 6.07) is 8.97. The first-order valence-electron chi connectivity index (χ1n) is 6.53. The van der Waals surface area contributed by atoms with E-state index in [-0.39, 0.29) is 6.04 Å². The Labute approximate surface area is 100 Å². The van der Waals surface area contributed by atoms with E-state index in [1.807, 2.05) is 0 Å². The summed E-state index contributed by atoms with van der Waals surface area (Å²) in [5.74, 6) is 0.571. The zero-order valence-electron chi connectivity index (χ0n) is 10.9. The van der Waals surface area contributed by atoms with E-state index in [4.69, 9.17) is 5.73 Å². The lowest BCUT2D eigenvalue weighted by atomic mass is 9.90. The van der Waals surface area contributed by atoms with Gasteiger partial charge in [0, 0.05) is 6.04 Å². The van der Waals surface area contributed by atoms with Gasteiger partial charge in [-0.05, 0) is 29.9 Å². The monoisotopic (exact) mass is 219 g/mol. The normalized spacial score (nSPS) is 14.8. The van der Waals surface area contributed by atoms with Gasteiger partial charge in [0.25, 0.3) is 0 Å². The molecule has 0 fully saturated rings. The van der Waals surface area contributed by atoms with Crippen LogP contribution in [-0.4, -0.2) is 0 Å². The fraction of sp³-hybridized carbons (Fsp3) is 0.600. The molecule has 0 aliphatic rings. The van der Waals surface area contributed by atoms with E-state index in [1.54, 1.807) is 0 Å². The Kier molecular flexibility index (Phi) is 5.54. The van der Waals surface area contributed by atoms with Gasteiger partial charge in [-0.3, -0.25) is 0 Å². The molecule has 0 aliphatic carbocycles. The lowest BCUT2D eigenvalue weighted by molar-refractivity contribution is 0.433. The first-order chi connectivity index (χ1) is 7.69. The van der Waals surface area contributed by atoms with Gasteiger partial charge < -0.3 is 5.73 Å². The minimum Gasteiger partial charge on any atom is -0.324 e. The Hall–Kier alpha value is -0.820. The Bertz CT molecular complexity index is 306. The number of hydrogen-bond acceptors (Lipinski definition) is 1. The molecule has 0 saturated heterocycles. The molecule has 0 aromatic heterocycles. The lowest BCUT2D eigenvalue weighted by Gasteiger charge is -2.20. The van der Waals surface area contributed by atoms with Gasteiger partial charge in [-0.25, -0.2) is 0 Å². The van der Waals surface area contributed by atoms with Crippen molar-refractivity contribution in [1.82, 2.24) is 0 Å². The molecule has 2 atom stereocenters. The van der Waals surface area contributed by atoms with E-state index >= 15 is 0 Å². The van der Waals surface area contributed by atoms with Crippen LogP contribution in [0.2, 0.25) is 0 Å². The summed E-state index contributed by atoms with van der Waals surface area (Å²) in [6.07, 6.45) is 4.77. The largest absolute Gasteiger partial charge is 0.324 e. The van der Waals surface area contributed by atoms with Crippen molar-refractivity contribution in [1.29, 1.82) is 0 Å². The van der Waals surface area contributed by atoms with Crippen molar-refractivity contribution < 1.29 is 0 Å². The van der Waals surface area contributed by atoms with E-state index in [0.717, 1.165) is 6.42 Å². The maximum absolute atomic E-state index is 6.29. The number of hydrogen-bond donors (Lipinski definition) is 1. The third-order valence-corrected chi connectivity index (χ3v) is 3.23. The molecule has 1 aromatic rings. The van der Waals surface area contributed by atoms with Crippen LogP contribution in [0.25, 0.3) is 0 Å². The van der Waals surface area contributed by atoms with E-state index in [9.17, 15) is 0 Å². The molecule has 1 rings (SSSR count). The smallest absolute Gasteiger partial charge is 0.0320 e. The van der Waals surface area contributed by atoms with Crippen molar-refractivity contribution in [3.05, 3.63) is 35.4 Å². The molecule has 0 bridgehead atoms. The first kappa shape index (κ1) is 13.2. The van der Waals surface area contributed by atoms with Crippen LogP contribution in [0.3, 0.4) is 0 Å². The van der Waals surface area contributed by atoms with Crippen molar-refractivity contribution in [2.24, 2.45) is 11.7 Å². The molecule has 90 valence electrons. The minimum atomic E-state index is 0.191. The fourth-order valence-electron chi connectivity index (χ4n) is 2.21. The fourth-order valence-corrected chi connectivity index (χ4v) is 2.21. The second-order valence-corrected chi connectivity index (χ2v) is 4.79. The van der Waals surface area contributed by atoms with Crippen LogP contribution in [0.15, 0.2) is 24.3 Å². The molecule has 0 aliphatic heterocycles. The molecular formula is C15H25N. The van der Waals surface area contributed by atoms with Crippen LogP contribution >= 0.6 is 0 Å². The van der Waals surface area contributed by atoms with Crippen LogP contribution in [0.4, 0.5) is 0 Å². The van der Waals surface area contributed by atoms with Crippen molar-refractivity contribution in [3.63, 3.8) is 0 Å². The van der Waals surface area contributed by atoms with E-state index in [0.29, 0.717) is 5.92 Å². The summed E-state index contributed by atoms with van der Waals surface area (Å²) in [5, 5.41) is 0. The molecule has 1 nitrogen and oxygen atoms in total. The Morgan fingerprint density at radius 1 is 1.19 bits per heavy atom. The van der Waals surface area contributed by atoms with Gasteiger partial charge in [0.2, 0.25) is 0 Å². The molecule has 1 aromatic carbocycles. The maximum atomic E-state index is 6.29. The van der Waals surface area contributed by atoms with Crippen molar-refractivity contribution in [2.45, 2.75) is 52.5 Å². The maximum Gasteiger partial charge on any atom is 0.0320 e. The zero-order chi connectivity index (χ0) is 12.0. The molecule has 0 saturated carbocycles. The highest BCUT2D eigenvalue weighted by atomic mass is 14.6. The topological polar surface area (TPSA) is 26.0 Å². The molecule has 2 N–H and O–H groups in total. The number of rotatable bonds is 6. The molecule has 0 amide bonds. The van der Waals surface area contributed by atoms with E-state index in [2.05, 4.69) is 45.0 Å². The van der Waals surface area contributed by atoms with Crippen LogP contribution < -0.4 is 5.73 Å². The van der Waals surface area contributed by atoms with Crippen LogP contribution in [-0.2, 0) is 6.42 Å². The molecule has 1 heteroatoms. The van der Waals surface area contributed by atoms with Crippen molar-refractivity contribution >= 4 is 0 Å². The quantitative estimate of drug-likeness (QED) is 0.766. The Morgan fingerprint density at radius 3 is 2.56 bits per heavy atom. The molecule has 16 heavy (non-hydrogen) atoms. The highest BCUT2D eigenvalue weighted by molar-refractivity contribution is 5.26. The molecule has 0 radical (unpaired) electrons. The van der Waals surface area contributed by atoms with Crippen molar-refractivity contribution in [3.8, 4) is 0 Å². The van der Waals surface area contributed by atoms with Gasteiger partial charge in [0.15, 0.2) is 0 Å². The van der Waals surface area contributed by atoms with Gasteiger partial charge in [0.05, 0.1) is 0 Å². The molecule has 2 unspecified atom stereocenters. The summed E-state index contributed by atoms with van der Waals surface area (Å²) in [6.45, 7) is 6.68. The summed E-state index contributed by atoms with van der Waals surface area (Å²) in [7, 11) is 0. The lowest BCUT2D eigenvalue weighted by Crippen LogP contribution is -2.19. The number of aryl methyl sites for hydroxylation is 1. The van der Waals surface area contributed by atoms with Crippen LogP contribution in [0.1, 0.15) is 57.2 Å². The number of nitrogens with two attached hydrogens (primary N) is 1.